The van der Waals surface area contributed by atoms with Crippen LogP contribution in [0.3, 0.4) is 0 Å². The van der Waals surface area contributed by atoms with Gasteiger partial charge in [0.05, 0.1) is 5.69 Å². The maximum absolute atomic E-state index is 12.1. The molecule has 3 aromatic rings. The van der Waals surface area contributed by atoms with Crippen molar-refractivity contribution in [2.45, 2.75) is 6.92 Å². The molecule has 0 aliphatic carbocycles. The molecule has 27 heavy (non-hydrogen) atoms. The number of nitrogens with one attached hydrogen (secondary N) is 3. The minimum Gasteiger partial charge on any atom is -0.322 e. The number of anilines is 1. The van der Waals surface area contributed by atoms with Crippen molar-refractivity contribution in [1.82, 2.24) is 10.9 Å². The van der Waals surface area contributed by atoms with E-state index in [1.807, 2.05) is 91.9 Å². The Bertz CT molecular complexity index is 896. The van der Waals surface area contributed by atoms with Gasteiger partial charge in [-0.15, -0.1) is 0 Å². The minimum atomic E-state index is -0.272. The zero-order chi connectivity index (χ0) is 18.9. The molecule has 0 spiro atoms. The van der Waals surface area contributed by atoms with E-state index < -0.39 is 0 Å². The largest absolute Gasteiger partial charge is 0.322 e. The van der Waals surface area contributed by atoms with Crippen molar-refractivity contribution in [3.63, 3.8) is 0 Å². The summed E-state index contributed by atoms with van der Waals surface area (Å²) in [4.78, 5) is 16.7. The fourth-order valence-corrected chi connectivity index (χ4v) is 2.70. The molecule has 5 nitrogen and oxygen atoms in total. The predicted octanol–water partition coefficient (Wildman–Crippen LogP) is 5.05. The zero-order valence-corrected chi connectivity index (χ0v) is 15.7. The number of hydrogen-bond donors (Lipinski definition) is 3. The van der Waals surface area contributed by atoms with Gasteiger partial charge < -0.3 is 4.72 Å². The molecule has 0 aromatic heterocycles. The molecule has 3 aromatic carbocycles. The van der Waals surface area contributed by atoms with Gasteiger partial charge in [0.15, 0.2) is 5.84 Å². The van der Waals surface area contributed by atoms with Gasteiger partial charge in [-0.1, -0.05) is 66.2 Å². The molecule has 0 atom stereocenters. The molecule has 0 bridgehead atoms. The number of carbonyl (C=O) groups excluding carboxylic acids is 1. The van der Waals surface area contributed by atoms with Crippen LogP contribution in [0.4, 0.5) is 16.2 Å². The molecular formula is C21H20N4OS. The molecule has 0 fully saturated rings. The first-order chi connectivity index (χ1) is 13.2. The Morgan fingerprint density at radius 3 is 2.11 bits per heavy atom. The second-order valence-corrected chi connectivity index (χ2v) is 6.55. The molecule has 0 heterocycles. The number of aryl methyl sites for hydroxylation is 1. The molecular weight excluding hydrogens is 356 g/mol. The van der Waals surface area contributed by atoms with Gasteiger partial charge in [-0.25, -0.2) is 4.99 Å². The van der Waals surface area contributed by atoms with E-state index in [9.17, 15) is 4.79 Å². The quantitative estimate of drug-likeness (QED) is 0.258. The number of aliphatic imine (C=N–C) groups is 1. The van der Waals surface area contributed by atoms with E-state index in [-0.39, 0.29) is 5.24 Å². The number of para-hydroxylation sites is 1. The van der Waals surface area contributed by atoms with Crippen LogP contribution in [-0.2, 0) is 0 Å². The van der Waals surface area contributed by atoms with Crippen molar-refractivity contribution < 1.29 is 4.79 Å². The van der Waals surface area contributed by atoms with Crippen molar-refractivity contribution in [1.29, 1.82) is 0 Å². The Labute approximate surface area is 163 Å². The van der Waals surface area contributed by atoms with E-state index in [1.54, 1.807) is 0 Å². The summed E-state index contributed by atoms with van der Waals surface area (Å²) in [6.45, 7) is 2.03. The summed E-state index contributed by atoms with van der Waals surface area (Å²) in [6.07, 6.45) is 0. The summed E-state index contributed by atoms with van der Waals surface area (Å²) in [6, 6.07) is 27.0. The molecule has 3 rings (SSSR count). The first-order valence-corrected chi connectivity index (χ1v) is 9.27. The third kappa shape index (κ3) is 5.90. The smallest absolute Gasteiger partial charge is 0.317 e. The second-order valence-electron chi connectivity index (χ2n) is 5.77. The SMILES string of the molecule is Cc1ccc(N=C(NNC(=O)SNc2ccccc2)c2ccccc2)cc1. The average Bonchev–Trinajstić information content (AvgIpc) is 2.72. The summed E-state index contributed by atoms with van der Waals surface area (Å²) in [7, 11) is 0. The van der Waals surface area contributed by atoms with E-state index in [0.29, 0.717) is 5.84 Å². The van der Waals surface area contributed by atoms with E-state index in [1.165, 1.54) is 5.56 Å². The van der Waals surface area contributed by atoms with Gasteiger partial charge in [0.25, 0.3) is 0 Å². The highest BCUT2D eigenvalue weighted by Gasteiger charge is 2.07. The van der Waals surface area contributed by atoms with E-state index in [0.717, 1.165) is 28.9 Å². The summed E-state index contributed by atoms with van der Waals surface area (Å²) >= 11 is 0.957. The Morgan fingerprint density at radius 2 is 1.44 bits per heavy atom. The Morgan fingerprint density at radius 1 is 0.815 bits per heavy atom. The highest BCUT2D eigenvalue weighted by molar-refractivity contribution is 8.14. The fraction of sp³-hybridized carbons (Fsp3) is 0.0476. The van der Waals surface area contributed by atoms with Crippen LogP contribution >= 0.6 is 11.9 Å². The standard InChI is InChI=1S/C21H20N4OS/c1-16-12-14-18(15-13-16)22-20(17-8-4-2-5-9-17)23-24-21(26)27-25-19-10-6-3-7-11-19/h2-15,25H,1H3,(H,22,23)(H,24,26). The van der Waals surface area contributed by atoms with Gasteiger partial charge in [-0.3, -0.25) is 15.6 Å². The molecule has 3 N–H and O–H groups in total. The van der Waals surface area contributed by atoms with Crippen LogP contribution < -0.4 is 15.6 Å². The van der Waals surface area contributed by atoms with Crippen LogP contribution in [-0.4, -0.2) is 11.1 Å². The number of hydrogen-bond acceptors (Lipinski definition) is 4. The van der Waals surface area contributed by atoms with E-state index >= 15 is 0 Å². The Hall–Kier alpha value is -3.25. The molecule has 0 saturated heterocycles. The molecule has 6 heteroatoms. The molecule has 1 amide bonds. The Kier molecular flexibility index (Phi) is 6.49. The topological polar surface area (TPSA) is 65.5 Å². The first-order valence-electron chi connectivity index (χ1n) is 8.45. The van der Waals surface area contributed by atoms with Crippen molar-refractivity contribution in [3.05, 3.63) is 96.1 Å². The molecule has 0 saturated carbocycles. The third-order valence-corrected chi connectivity index (χ3v) is 4.27. The highest BCUT2D eigenvalue weighted by atomic mass is 32.2. The summed E-state index contributed by atoms with van der Waals surface area (Å²) in [5, 5.41) is -0.272. The molecule has 0 unspecified atom stereocenters. The number of carbonyl (C=O) groups is 1. The summed E-state index contributed by atoms with van der Waals surface area (Å²) in [5.41, 5.74) is 9.29. The van der Waals surface area contributed by atoms with Gasteiger partial charge in [0, 0.05) is 23.2 Å². The maximum atomic E-state index is 12.1. The van der Waals surface area contributed by atoms with Gasteiger partial charge in [0.1, 0.15) is 0 Å². The van der Waals surface area contributed by atoms with E-state index in [4.69, 9.17) is 0 Å². The third-order valence-electron chi connectivity index (χ3n) is 3.64. The minimum absolute atomic E-state index is 0.272. The average molecular weight is 376 g/mol. The number of nitrogens with zero attached hydrogens (tertiary/aromatic N) is 1. The fourth-order valence-electron chi connectivity index (χ4n) is 2.26. The van der Waals surface area contributed by atoms with Crippen LogP contribution in [0, 0.1) is 6.92 Å². The lowest BCUT2D eigenvalue weighted by Gasteiger charge is -2.12. The van der Waals surface area contributed by atoms with Crippen LogP contribution in [0.1, 0.15) is 11.1 Å². The second kappa shape index (κ2) is 9.45. The first kappa shape index (κ1) is 18.5. The van der Waals surface area contributed by atoms with Gasteiger partial charge in [-0.2, -0.15) is 0 Å². The molecule has 0 aliphatic heterocycles. The molecule has 0 aliphatic rings. The predicted molar refractivity (Wildman–Crippen MR) is 113 cm³/mol. The van der Waals surface area contributed by atoms with Crippen molar-refractivity contribution in [2.24, 2.45) is 4.99 Å². The van der Waals surface area contributed by atoms with Crippen molar-refractivity contribution >= 4 is 34.4 Å². The van der Waals surface area contributed by atoms with Gasteiger partial charge in [0.2, 0.25) is 0 Å². The van der Waals surface area contributed by atoms with E-state index in [2.05, 4.69) is 20.6 Å². The maximum Gasteiger partial charge on any atom is 0.317 e. The summed E-state index contributed by atoms with van der Waals surface area (Å²) in [5.74, 6) is 0.563. The lowest BCUT2D eigenvalue weighted by atomic mass is 10.2. The van der Waals surface area contributed by atoms with Crippen LogP contribution in [0.5, 0.6) is 0 Å². The van der Waals surface area contributed by atoms with Gasteiger partial charge in [-0.05, 0) is 31.2 Å². The molecule has 0 radical (unpaired) electrons. The van der Waals surface area contributed by atoms with Crippen LogP contribution in [0.15, 0.2) is 89.9 Å². The normalized spacial score (nSPS) is 10.9. The highest BCUT2D eigenvalue weighted by Crippen LogP contribution is 2.15. The zero-order valence-electron chi connectivity index (χ0n) is 14.8. The monoisotopic (exact) mass is 376 g/mol. The number of benzene rings is 3. The molecule has 136 valence electrons. The van der Waals surface area contributed by atoms with Crippen LogP contribution in [0.25, 0.3) is 0 Å². The van der Waals surface area contributed by atoms with Gasteiger partial charge >= 0.3 is 5.24 Å². The summed E-state index contributed by atoms with van der Waals surface area (Å²) < 4.78 is 2.99. The number of rotatable bonds is 4. The lowest BCUT2D eigenvalue weighted by molar-refractivity contribution is 0.259. The van der Waals surface area contributed by atoms with Crippen LogP contribution in [0.2, 0.25) is 0 Å². The van der Waals surface area contributed by atoms with Crippen molar-refractivity contribution in [2.75, 3.05) is 4.72 Å². The number of amides is 1. The Balaban J connectivity index is 1.66. The lowest BCUT2D eigenvalue weighted by Crippen LogP contribution is -2.40. The number of amidine groups is 1. The number of hydrazine groups is 1. The van der Waals surface area contributed by atoms with Crippen molar-refractivity contribution in [3.8, 4) is 0 Å².